The Balaban J connectivity index is 1.79. The molecule has 0 spiro atoms. The molecule has 0 aliphatic carbocycles. The van der Waals surface area contributed by atoms with Gasteiger partial charge in [0.1, 0.15) is 17.8 Å². The van der Waals surface area contributed by atoms with Gasteiger partial charge in [-0.2, -0.15) is 0 Å². The lowest BCUT2D eigenvalue weighted by molar-refractivity contribution is -0.383. The molecule has 0 amide bonds. The summed E-state index contributed by atoms with van der Waals surface area (Å²) in [7, 11) is 3.07. The number of anilines is 4. The summed E-state index contributed by atoms with van der Waals surface area (Å²) in [5.74, 6) is 1.42. The number of nitrogens with one attached hydrogen (secondary N) is 1. The highest BCUT2D eigenvalue weighted by atomic mass is 16.6. The van der Waals surface area contributed by atoms with Gasteiger partial charge in [-0.1, -0.05) is 18.2 Å². The van der Waals surface area contributed by atoms with Crippen LogP contribution in [-0.4, -0.2) is 35.7 Å². The summed E-state index contributed by atoms with van der Waals surface area (Å²) in [4.78, 5) is 21.7. The summed E-state index contributed by atoms with van der Waals surface area (Å²) in [6.07, 6.45) is 2.11. The number of methoxy groups -OCH3 is 2. The van der Waals surface area contributed by atoms with E-state index in [-0.39, 0.29) is 17.3 Å². The monoisotopic (exact) mass is 393 g/mol. The van der Waals surface area contributed by atoms with Gasteiger partial charge in [0.2, 0.25) is 11.6 Å². The zero-order valence-corrected chi connectivity index (χ0v) is 16.0. The molecule has 1 aliphatic heterocycles. The van der Waals surface area contributed by atoms with Crippen LogP contribution >= 0.6 is 0 Å². The normalized spacial score (nSPS) is 12.4. The minimum Gasteiger partial charge on any atom is -0.497 e. The summed E-state index contributed by atoms with van der Waals surface area (Å²) in [5.41, 5.74) is 2.35. The molecule has 0 bridgehead atoms. The summed E-state index contributed by atoms with van der Waals surface area (Å²) in [6.45, 7) is 0.610. The van der Waals surface area contributed by atoms with Crippen LogP contribution in [-0.2, 0) is 6.42 Å². The molecule has 0 saturated carbocycles. The second-order valence-corrected chi connectivity index (χ2v) is 6.37. The molecule has 1 aliphatic rings. The molecule has 0 fully saturated rings. The molecule has 148 valence electrons. The van der Waals surface area contributed by atoms with Gasteiger partial charge < -0.3 is 19.7 Å². The minimum atomic E-state index is -0.467. The number of aromatic nitrogens is 2. The smallest absolute Gasteiger partial charge is 0.354 e. The number of hydrogen-bond donors (Lipinski definition) is 1. The molecule has 29 heavy (non-hydrogen) atoms. The van der Waals surface area contributed by atoms with E-state index in [2.05, 4.69) is 15.3 Å². The Bertz CT molecular complexity index is 1070. The predicted octanol–water partition coefficient (Wildman–Crippen LogP) is 3.84. The number of benzene rings is 2. The molecule has 2 aromatic carbocycles. The molecular formula is C20H19N5O4. The van der Waals surface area contributed by atoms with Gasteiger partial charge >= 0.3 is 5.69 Å². The molecule has 9 nitrogen and oxygen atoms in total. The van der Waals surface area contributed by atoms with E-state index in [1.165, 1.54) is 13.4 Å². The zero-order valence-electron chi connectivity index (χ0n) is 16.0. The Hall–Kier alpha value is -3.88. The summed E-state index contributed by atoms with van der Waals surface area (Å²) < 4.78 is 10.6. The highest BCUT2D eigenvalue weighted by molar-refractivity contribution is 5.81. The van der Waals surface area contributed by atoms with Crippen LogP contribution in [0.2, 0.25) is 0 Å². The third-order valence-electron chi connectivity index (χ3n) is 4.79. The minimum absolute atomic E-state index is 0.0796. The van der Waals surface area contributed by atoms with E-state index < -0.39 is 4.92 Å². The fraction of sp³-hybridized carbons (Fsp3) is 0.200. The van der Waals surface area contributed by atoms with E-state index >= 15 is 0 Å². The lowest BCUT2D eigenvalue weighted by Gasteiger charge is -2.19. The summed E-state index contributed by atoms with van der Waals surface area (Å²) >= 11 is 0. The standard InChI is InChI=1S/C20H19N5O4/c1-28-14-7-8-17(29-2)15(11-14)23-19-18(25(26)27)20(22-12-21-19)24-10-9-13-5-3-4-6-16(13)24/h3-8,11-12H,9-10H2,1-2H3,(H,21,22,23). The topological polar surface area (TPSA) is 103 Å². The van der Waals surface area contributed by atoms with Crippen LogP contribution in [0.25, 0.3) is 0 Å². The Labute approximate surface area is 167 Å². The molecule has 2 heterocycles. The first-order chi connectivity index (χ1) is 14.1. The van der Waals surface area contributed by atoms with Crippen molar-refractivity contribution in [3.05, 3.63) is 64.5 Å². The van der Waals surface area contributed by atoms with Crippen molar-refractivity contribution in [3.8, 4) is 11.5 Å². The molecule has 9 heteroatoms. The van der Waals surface area contributed by atoms with Gasteiger partial charge in [0.05, 0.1) is 24.8 Å². The maximum atomic E-state index is 12.0. The Kier molecular flexibility index (Phi) is 4.86. The van der Waals surface area contributed by atoms with E-state index in [9.17, 15) is 10.1 Å². The molecule has 0 atom stereocenters. The van der Waals surface area contributed by atoms with Gasteiger partial charge in [0, 0.05) is 18.3 Å². The number of rotatable bonds is 6. The third-order valence-corrected chi connectivity index (χ3v) is 4.79. The largest absolute Gasteiger partial charge is 0.497 e. The maximum Gasteiger partial charge on any atom is 0.354 e. The van der Waals surface area contributed by atoms with Crippen molar-refractivity contribution < 1.29 is 14.4 Å². The number of nitrogens with zero attached hydrogens (tertiary/aromatic N) is 4. The van der Waals surface area contributed by atoms with Gasteiger partial charge in [-0.25, -0.2) is 9.97 Å². The lowest BCUT2D eigenvalue weighted by Crippen LogP contribution is -2.17. The van der Waals surface area contributed by atoms with Gasteiger partial charge in [0.15, 0.2) is 0 Å². The average Bonchev–Trinajstić information content (AvgIpc) is 3.17. The Morgan fingerprint density at radius 3 is 2.72 bits per heavy atom. The van der Waals surface area contributed by atoms with E-state index in [1.807, 2.05) is 29.2 Å². The van der Waals surface area contributed by atoms with Crippen molar-refractivity contribution in [1.29, 1.82) is 0 Å². The van der Waals surface area contributed by atoms with Gasteiger partial charge in [0.25, 0.3) is 0 Å². The van der Waals surface area contributed by atoms with E-state index in [0.717, 1.165) is 17.7 Å². The number of nitro groups is 1. The van der Waals surface area contributed by atoms with E-state index in [1.54, 1.807) is 25.3 Å². The van der Waals surface area contributed by atoms with Crippen LogP contribution in [0.1, 0.15) is 5.56 Å². The molecule has 0 unspecified atom stereocenters. The Morgan fingerprint density at radius 2 is 1.97 bits per heavy atom. The average molecular weight is 393 g/mol. The van der Waals surface area contributed by atoms with Crippen LogP contribution in [0.4, 0.5) is 28.7 Å². The first kappa shape index (κ1) is 18.5. The van der Waals surface area contributed by atoms with Crippen molar-refractivity contribution in [2.24, 2.45) is 0 Å². The van der Waals surface area contributed by atoms with E-state index in [4.69, 9.17) is 9.47 Å². The van der Waals surface area contributed by atoms with Crippen LogP contribution < -0.4 is 19.7 Å². The second kappa shape index (κ2) is 7.63. The quantitative estimate of drug-likeness (QED) is 0.498. The van der Waals surface area contributed by atoms with Gasteiger partial charge in [-0.3, -0.25) is 10.1 Å². The van der Waals surface area contributed by atoms with Gasteiger partial charge in [-0.15, -0.1) is 0 Å². The first-order valence-corrected chi connectivity index (χ1v) is 8.96. The molecule has 1 aromatic heterocycles. The fourth-order valence-corrected chi connectivity index (χ4v) is 3.42. The van der Waals surface area contributed by atoms with Crippen LogP contribution in [0.15, 0.2) is 48.8 Å². The molecule has 1 N–H and O–H groups in total. The lowest BCUT2D eigenvalue weighted by atomic mass is 10.2. The van der Waals surface area contributed by atoms with Crippen molar-refractivity contribution in [1.82, 2.24) is 9.97 Å². The fourth-order valence-electron chi connectivity index (χ4n) is 3.42. The summed E-state index contributed by atoms with van der Waals surface area (Å²) in [5, 5.41) is 15.0. The van der Waals surface area contributed by atoms with Crippen molar-refractivity contribution in [2.75, 3.05) is 31.0 Å². The third kappa shape index (κ3) is 3.38. The SMILES string of the molecule is COc1ccc(OC)c(Nc2ncnc(N3CCc4ccccc43)c2[N+](=O)[O-])c1. The molecular weight excluding hydrogens is 374 g/mol. The first-order valence-electron chi connectivity index (χ1n) is 8.96. The van der Waals surface area contributed by atoms with Crippen molar-refractivity contribution in [3.63, 3.8) is 0 Å². The van der Waals surface area contributed by atoms with Gasteiger partial charge in [-0.05, 0) is 30.2 Å². The molecule has 0 saturated heterocycles. The van der Waals surface area contributed by atoms with Crippen molar-refractivity contribution in [2.45, 2.75) is 6.42 Å². The number of fused-ring (bicyclic) bond motifs is 1. The molecule has 4 rings (SSSR count). The number of para-hydroxylation sites is 1. The van der Waals surface area contributed by atoms with Crippen LogP contribution in [0.3, 0.4) is 0 Å². The molecule has 3 aromatic rings. The number of hydrogen-bond acceptors (Lipinski definition) is 8. The van der Waals surface area contributed by atoms with E-state index in [0.29, 0.717) is 23.7 Å². The Morgan fingerprint density at radius 1 is 1.14 bits per heavy atom. The number of ether oxygens (including phenoxy) is 2. The molecule has 0 radical (unpaired) electrons. The highest BCUT2D eigenvalue weighted by Crippen LogP contribution is 2.41. The zero-order chi connectivity index (χ0) is 20.4. The highest BCUT2D eigenvalue weighted by Gasteiger charge is 2.31. The predicted molar refractivity (Wildman–Crippen MR) is 109 cm³/mol. The van der Waals surface area contributed by atoms with Crippen molar-refractivity contribution >= 4 is 28.7 Å². The van der Waals surface area contributed by atoms with Crippen LogP contribution in [0.5, 0.6) is 11.5 Å². The maximum absolute atomic E-state index is 12.0. The summed E-state index contributed by atoms with van der Waals surface area (Å²) in [6, 6.07) is 13.0. The van der Waals surface area contributed by atoms with Crippen LogP contribution in [0, 0.1) is 10.1 Å². The second-order valence-electron chi connectivity index (χ2n) is 6.37.